The maximum Gasteiger partial charge on any atom is 0.415 e. The van der Waals surface area contributed by atoms with E-state index >= 15 is 0 Å². The van der Waals surface area contributed by atoms with Gasteiger partial charge in [-0.3, -0.25) is 0 Å². The zero-order chi connectivity index (χ0) is 12.7. The molecule has 4 heteroatoms. The number of carbonyl (C=O) groups is 1. The third-order valence-electron chi connectivity index (χ3n) is 2.34. The second-order valence-corrected chi connectivity index (χ2v) is 3.45. The fraction of sp³-hybridized carbons (Fsp3) is 0.462. The number of hydrogen-bond donors (Lipinski definition) is 0. The molecule has 0 radical (unpaired) electrons. The minimum atomic E-state index is -0.330. The number of amides is 1. The van der Waals surface area contributed by atoms with E-state index in [0.29, 0.717) is 31.2 Å². The first-order chi connectivity index (χ1) is 8.21. The molecule has 1 amide bonds. The van der Waals surface area contributed by atoms with Gasteiger partial charge >= 0.3 is 6.09 Å². The van der Waals surface area contributed by atoms with Crippen molar-refractivity contribution in [1.82, 2.24) is 4.90 Å². The van der Waals surface area contributed by atoms with E-state index in [-0.39, 0.29) is 6.09 Å². The summed E-state index contributed by atoms with van der Waals surface area (Å²) in [5.41, 5.74) is 0. The first-order valence-electron chi connectivity index (χ1n) is 5.90. The summed E-state index contributed by atoms with van der Waals surface area (Å²) < 4.78 is 10.6. The van der Waals surface area contributed by atoms with Gasteiger partial charge in [-0.2, -0.15) is 0 Å². The van der Waals surface area contributed by atoms with Gasteiger partial charge in [0.05, 0.1) is 6.61 Å². The van der Waals surface area contributed by atoms with Crippen molar-refractivity contribution < 1.29 is 14.3 Å². The van der Waals surface area contributed by atoms with Gasteiger partial charge in [0, 0.05) is 19.2 Å². The number of carbonyl (C=O) groups excluding carboxylic acids is 1. The van der Waals surface area contributed by atoms with E-state index in [1.54, 1.807) is 23.1 Å². The first-order valence-corrected chi connectivity index (χ1v) is 5.90. The predicted octanol–water partition coefficient (Wildman–Crippen LogP) is 2.93. The zero-order valence-electron chi connectivity index (χ0n) is 10.6. The molecule has 0 bridgehead atoms. The van der Waals surface area contributed by atoms with Crippen molar-refractivity contribution in [1.29, 1.82) is 0 Å². The number of hydrogen-bond acceptors (Lipinski definition) is 3. The van der Waals surface area contributed by atoms with E-state index in [1.165, 1.54) is 0 Å². The lowest BCUT2D eigenvalue weighted by Gasteiger charge is -2.18. The average Bonchev–Trinajstić information content (AvgIpc) is 2.31. The smallest absolute Gasteiger partial charge is 0.415 e. The van der Waals surface area contributed by atoms with Crippen LogP contribution in [0.3, 0.4) is 0 Å². The van der Waals surface area contributed by atoms with Crippen LogP contribution in [0.4, 0.5) is 4.79 Å². The van der Waals surface area contributed by atoms with E-state index in [9.17, 15) is 4.79 Å². The van der Waals surface area contributed by atoms with Gasteiger partial charge in [0.2, 0.25) is 0 Å². The normalized spacial score (nSPS) is 9.82. The molecule has 1 aromatic carbocycles. The molecule has 0 heterocycles. The summed E-state index contributed by atoms with van der Waals surface area (Å²) in [6.45, 7) is 7.62. The van der Waals surface area contributed by atoms with Crippen LogP contribution >= 0.6 is 0 Å². The second-order valence-electron chi connectivity index (χ2n) is 3.45. The van der Waals surface area contributed by atoms with Crippen molar-refractivity contribution in [2.24, 2.45) is 0 Å². The van der Waals surface area contributed by atoms with E-state index in [1.807, 2.05) is 26.8 Å². The SMILES string of the molecule is CCOc1cccc(OC(=O)N(CC)CC)c1. The molecule has 1 rings (SSSR count). The van der Waals surface area contributed by atoms with Crippen LogP contribution in [0.5, 0.6) is 11.5 Å². The van der Waals surface area contributed by atoms with Gasteiger partial charge in [-0.25, -0.2) is 4.79 Å². The summed E-state index contributed by atoms with van der Waals surface area (Å²) in [7, 11) is 0. The Hall–Kier alpha value is -1.71. The topological polar surface area (TPSA) is 38.8 Å². The van der Waals surface area contributed by atoms with Crippen molar-refractivity contribution in [3.8, 4) is 11.5 Å². The fourth-order valence-electron chi connectivity index (χ4n) is 1.44. The Labute approximate surface area is 102 Å². The monoisotopic (exact) mass is 237 g/mol. The molecule has 0 aromatic heterocycles. The van der Waals surface area contributed by atoms with Crippen molar-refractivity contribution >= 4 is 6.09 Å². The first kappa shape index (κ1) is 13.4. The molecule has 0 saturated carbocycles. The Morgan fingerprint density at radius 2 is 1.82 bits per heavy atom. The van der Waals surface area contributed by atoms with Crippen LogP contribution < -0.4 is 9.47 Å². The highest BCUT2D eigenvalue weighted by Gasteiger charge is 2.11. The lowest BCUT2D eigenvalue weighted by Crippen LogP contribution is -2.33. The van der Waals surface area contributed by atoms with Crippen molar-refractivity contribution in [2.75, 3.05) is 19.7 Å². The molecule has 0 aliphatic carbocycles. The van der Waals surface area contributed by atoms with Gasteiger partial charge < -0.3 is 14.4 Å². The highest BCUT2D eigenvalue weighted by Crippen LogP contribution is 2.19. The maximum atomic E-state index is 11.7. The van der Waals surface area contributed by atoms with Gasteiger partial charge in [0.25, 0.3) is 0 Å². The molecule has 1 aromatic rings. The minimum Gasteiger partial charge on any atom is -0.494 e. The number of benzene rings is 1. The summed E-state index contributed by atoms with van der Waals surface area (Å²) >= 11 is 0. The van der Waals surface area contributed by atoms with Gasteiger partial charge in [-0.15, -0.1) is 0 Å². The van der Waals surface area contributed by atoms with E-state index in [0.717, 1.165) is 0 Å². The molecule has 0 aliphatic heterocycles. The van der Waals surface area contributed by atoms with Crippen LogP contribution in [0, 0.1) is 0 Å². The van der Waals surface area contributed by atoms with E-state index < -0.39 is 0 Å². The molecule has 0 saturated heterocycles. The van der Waals surface area contributed by atoms with Gasteiger partial charge in [0.1, 0.15) is 11.5 Å². The van der Waals surface area contributed by atoms with E-state index in [4.69, 9.17) is 9.47 Å². The molecule has 0 aliphatic rings. The standard InChI is InChI=1S/C13H19NO3/c1-4-14(5-2)13(15)17-12-9-7-8-11(10-12)16-6-3/h7-10H,4-6H2,1-3H3. The summed E-state index contributed by atoms with van der Waals surface area (Å²) in [6, 6.07) is 7.09. The molecule has 0 atom stereocenters. The molecule has 0 spiro atoms. The van der Waals surface area contributed by atoms with Crippen molar-refractivity contribution in [3.63, 3.8) is 0 Å². The molecule has 94 valence electrons. The van der Waals surface area contributed by atoms with Crippen LogP contribution in [0.25, 0.3) is 0 Å². The lowest BCUT2D eigenvalue weighted by molar-refractivity contribution is 0.157. The Balaban J connectivity index is 2.67. The van der Waals surface area contributed by atoms with Crippen LogP contribution in [0.1, 0.15) is 20.8 Å². The van der Waals surface area contributed by atoms with Crippen molar-refractivity contribution in [3.05, 3.63) is 24.3 Å². The van der Waals surface area contributed by atoms with Crippen LogP contribution in [0.2, 0.25) is 0 Å². The minimum absolute atomic E-state index is 0.330. The number of nitrogens with zero attached hydrogens (tertiary/aromatic N) is 1. The van der Waals surface area contributed by atoms with Gasteiger partial charge in [-0.05, 0) is 32.9 Å². The summed E-state index contributed by atoms with van der Waals surface area (Å²) in [6.07, 6.45) is -0.330. The quantitative estimate of drug-likeness (QED) is 0.790. The maximum absolute atomic E-state index is 11.7. The zero-order valence-corrected chi connectivity index (χ0v) is 10.6. The Bertz CT molecular complexity index is 361. The Morgan fingerprint density at radius 1 is 1.18 bits per heavy atom. The molecular weight excluding hydrogens is 218 g/mol. The molecule has 17 heavy (non-hydrogen) atoms. The lowest BCUT2D eigenvalue weighted by atomic mass is 10.3. The Kier molecular flexibility index (Phi) is 5.33. The molecule has 0 fully saturated rings. The number of rotatable bonds is 5. The van der Waals surface area contributed by atoms with E-state index in [2.05, 4.69) is 0 Å². The largest absolute Gasteiger partial charge is 0.494 e. The second kappa shape index (κ2) is 6.78. The van der Waals surface area contributed by atoms with Crippen LogP contribution in [0.15, 0.2) is 24.3 Å². The fourth-order valence-corrected chi connectivity index (χ4v) is 1.44. The highest BCUT2D eigenvalue weighted by atomic mass is 16.6. The predicted molar refractivity (Wildman–Crippen MR) is 66.6 cm³/mol. The van der Waals surface area contributed by atoms with Crippen molar-refractivity contribution in [2.45, 2.75) is 20.8 Å². The van der Waals surface area contributed by atoms with Gasteiger partial charge in [0.15, 0.2) is 0 Å². The molecular formula is C13H19NO3. The third kappa shape index (κ3) is 3.98. The molecule has 0 unspecified atom stereocenters. The van der Waals surface area contributed by atoms with Gasteiger partial charge in [-0.1, -0.05) is 6.07 Å². The molecule has 0 N–H and O–H groups in total. The van der Waals surface area contributed by atoms with Crippen LogP contribution in [-0.2, 0) is 0 Å². The summed E-state index contributed by atoms with van der Waals surface area (Å²) in [5, 5.41) is 0. The highest BCUT2D eigenvalue weighted by molar-refractivity contribution is 5.70. The average molecular weight is 237 g/mol. The number of ether oxygens (including phenoxy) is 2. The summed E-state index contributed by atoms with van der Waals surface area (Å²) in [5.74, 6) is 1.21. The third-order valence-corrected chi connectivity index (χ3v) is 2.34. The molecule has 4 nitrogen and oxygen atoms in total. The van der Waals surface area contributed by atoms with Crippen LogP contribution in [-0.4, -0.2) is 30.7 Å². The summed E-state index contributed by atoms with van der Waals surface area (Å²) in [4.78, 5) is 13.3. The Morgan fingerprint density at radius 3 is 2.41 bits per heavy atom.